The molecule has 4 nitrogen and oxygen atoms in total. The molecule has 0 bridgehead atoms. The van der Waals surface area contributed by atoms with Gasteiger partial charge in [0.05, 0.1) is 10.9 Å². The lowest BCUT2D eigenvalue weighted by Gasteiger charge is -2.10. The van der Waals surface area contributed by atoms with Gasteiger partial charge in [-0.05, 0) is 61.4 Å². The van der Waals surface area contributed by atoms with Crippen LogP contribution in [0.1, 0.15) is 21.5 Å². The molecule has 0 amide bonds. The third-order valence-electron chi connectivity index (χ3n) is 3.43. The zero-order valence-electron chi connectivity index (χ0n) is 12.6. The first-order valence-corrected chi connectivity index (χ1v) is 7.35. The highest BCUT2D eigenvalue weighted by Gasteiger charge is 2.15. The van der Waals surface area contributed by atoms with E-state index in [1.165, 1.54) is 6.07 Å². The molecule has 0 N–H and O–H groups in total. The first-order chi connectivity index (χ1) is 10.9. The molecular formula is C18H13ClO4. The summed E-state index contributed by atoms with van der Waals surface area (Å²) in [6, 6.07) is 11.3. The molecule has 0 saturated heterocycles. The lowest BCUT2D eigenvalue weighted by atomic mass is 10.1. The molecule has 0 spiro atoms. The van der Waals surface area contributed by atoms with Crippen molar-refractivity contribution in [1.29, 1.82) is 0 Å². The van der Waals surface area contributed by atoms with Crippen molar-refractivity contribution in [3.63, 3.8) is 0 Å². The molecule has 0 unspecified atom stereocenters. The highest BCUT2D eigenvalue weighted by Crippen LogP contribution is 2.30. The molecule has 23 heavy (non-hydrogen) atoms. The minimum atomic E-state index is -0.501. The van der Waals surface area contributed by atoms with Crippen molar-refractivity contribution in [3.05, 3.63) is 74.6 Å². The van der Waals surface area contributed by atoms with E-state index in [1.807, 2.05) is 6.92 Å². The van der Waals surface area contributed by atoms with Gasteiger partial charge in [0.25, 0.3) is 0 Å². The summed E-state index contributed by atoms with van der Waals surface area (Å²) < 4.78 is 10.7. The van der Waals surface area contributed by atoms with Crippen LogP contribution in [-0.2, 0) is 0 Å². The molecule has 0 saturated carbocycles. The van der Waals surface area contributed by atoms with E-state index in [2.05, 4.69) is 0 Å². The number of esters is 1. The van der Waals surface area contributed by atoms with Gasteiger partial charge in [0.1, 0.15) is 11.3 Å². The van der Waals surface area contributed by atoms with Crippen LogP contribution >= 0.6 is 11.6 Å². The fourth-order valence-electron chi connectivity index (χ4n) is 2.40. The Bertz CT molecular complexity index is 955. The Morgan fingerprint density at radius 2 is 1.78 bits per heavy atom. The predicted molar refractivity (Wildman–Crippen MR) is 88.4 cm³/mol. The lowest BCUT2D eigenvalue weighted by molar-refractivity contribution is 0.0737. The Morgan fingerprint density at radius 3 is 2.48 bits per heavy atom. The van der Waals surface area contributed by atoms with Crippen molar-refractivity contribution in [2.75, 3.05) is 0 Å². The second kappa shape index (κ2) is 5.89. The maximum Gasteiger partial charge on any atom is 0.343 e. The molecule has 3 aromatic rings. The Balaban J connectivity index is 2.07. The summed E-state index contributed by atoms with van der Waals surface area (Å²) >= 11 is 5.82. The molecule has 3 rings (SSSR count). The minimum absolute atomic E-state index is 0.362. The Morgan fingerprint density at radius 1 is 1.09 bits per heavy atom. The summed E-state index contributed by atoms with van der Waals surface area (Å²) in [6.07, 6.45) is 0. The molecule has 0 aliphatic heterocycles. The van der Waals surface area contributed by atoms with E-state index in [9.17, 15) is 9.59 Å². The number of ether oxygens (including phenoxy) is 1. The standard InChI is InChI=1S/C18H13ClO4/c1-10-7-14-17(11(2)9-16(20)22-14)15(8-10)23-18(21)12-3-5-13(19)6-4-12/h3-9H,1-2H3. The van der Waals surface area contributed by atoms with Crippen LogP contribution in [0.2, 0.25) is 5.02 Å². The smallest absolute Gasteiger partial charge is 0.343 e. The molecule has 1 heterocycles. The van der Waals surface area contributed by atoms with Crippen molar-refractivity contribution in [1.82, 2.24) is 0 Å². The highest BCUT2D eigenvalue weighted by atomic mass is 35.5. The van der Waals surface area contributed by atoms with Crippen LogP contribution in [0.3, 0.4) is 0 Å². The summed E-state index contributed by atoms with van der Waals surface area (Å²) in [7, 11) is 0. The van der Waals surface area contributed by atoms with Gasteiger partial charge in [0, 0.05) is 11.1 Å². The number of hydrogen-bond acceptors (Lipinski definition) is 4. The summed E-state index contributed by atoms with van der Waals surface area (Å²) in [6.45, 7) is 3.61. The molecule has 0 fully saturated rings. The van der Waals surface area contributed by atoms with Crippen molar-refractivity contribution in [2.24, 2.45) is 0 Å². The maximum atomic E-state index is 12.3. The first-order valence-electron chi connectivity index (χ1n) is 6.97. The van der Waals surface area contributed by atoms with E-state index < -0.39 is 11.6 Å². The molecule has 0 aliphatic rings. The van der Waals surface area contributed by atoms with Gasteiger partial charge in [-0.15, -0.1) is 0 Å². The van der Waals surface area contributed by atoms with Crippen LogP contribution in [0, 0.1) is 13.8 Å². The number of rotatable bonds is 2. The van der Waals surface area contributed by atoms with Crippen molar-refractivity contribution in [2.45, 2.75) is 13.8 Å². The second-order valence-corrected chi connectivity index (χ2v) is 5.72. The van der Waals surface area contributed by atoms with E-state index in [-0.39, 0.29) is 0 Å². The third-order valence-corrected chi connectivity index (χ3v) is 3.68. The number of aryl methyl sites for hydroxylation is 2. The molecule has 2 aromatic carbocycles. The van der Waals surface area contributed by atoms with Crippen LogP contribution in [-0.4, -0.2) is 5.97 Å². The van der Waals surface area contributed by atoms with Gasteiger partial charge in [0.15, 0.2) is 0 Å². The van der Waals surface area contributed by atoms with Gasteiger partial charge in [-0.1, -0.05) is 11.6 Å². The van der Waals surface area contributed by atoms with Crippen LogP contribution in [0.5, 0.6) is 5.75 Å². The quantitative estimate of drug-likeness (QED) is 0.400. The fourth-order valence-corrected chi connectivity index (χ4v) is 2.53. The number of benzene rings is 2. The molecule has 0 atom stereocenters. The maximum absolute atomic E-state index is 12.3. The van der Waals surface area contributed by atoms with Gasteiger partial charge in [-0.3, -0.25) is 0 Å². The first kappa shape index (κ1) is 15.3. The van der Waals surface area contributed by atoms with Gasteiger partial charge in [-0.25, -0.2) is 9.59 Å². The summed E-state index contributed by atoms with van der Waals surface area (Å²) in [5, 5.41) is 1.15. The Kier molecular flexibility index (Phi) is 3.92. The molecular weight excluding hydrogens is 316 g/mol. The van der Waals surface area contributed by atoms with Crippen LogP contribution in [0.15, 0.2) is 51.7 Å². The Hall–Kier alpha value is -2.59. The zero-order chi connectivity index (χ0) is 16.6. The normalized spacial score (nSPS) is 10.7. The average Bonchev–Trinajstić information content (AvgIpc) is 2.46. The summed E-state index contributed by atoms with van der Waals surface area (Å²) in [5.74, 6) is -0.139. The van der Waals surface area contributed by atoms with E-state index >= 15 is 0 Å². The fraction of sp³-hybridized carbons (Fsp3) is 0.111. The number of carbonyl (C=O) groups is 1. The summed E-state index contributed by atoms with van der Waals surface area (Å²) in [4.78, 5) is 23.8. The van der Waals surface area contributed by atoms with Crippen molar-refractivity contribution >= 4 is 28.5 Å². The second-order valence-electron chi connectivity index (χ2n) is 5.28. The lowest BCUT2D eigenvalue weighted by Crippen LogP contribution is -2.09. The summed E-state index contributed by atoms with van der Waals surface area (Å²) in [5.41, 5.74) is 1.86. The van der Waals surface area contributed by atoms with E-state index in [4.69, 9.17) is 20.8 Å². The molecule has 0 radical (unpaired) electrons. The molecule has 0 aliphatic carbocycles. The average molecular weight is 329 g/mol. The van der Waals surface area contributed by atoms with Crippen LogP contribution < -0.4 is 10.4 Å². The van der Waals surface area contributed by atoms with Crippen molar-refractivity contribution < 1.29 is 13.9 Å². The topological polar surface area (TPSA) is 56.5 Å². The molecule has 1 aromatic heterocycles. The predicted octanol–water partition coefficient (Wildman–Crippen LogP) is 4.28. The number of hydrogen-bond donors (Lipinski definition) is 0. The largest absolute Gasteiger partial charge is 0.423 e. The number of carbonyl (C=O) groups excluding carboxylic acids is 1. The number of halogens is 1. The third kappa shape index (κ3) is 3.12. The van der Waals surface area contributed by atoms with Crippen molar-refractivity contribution in [3.8, 4) is 5.75 Å². The SMILES string of the molecule is Cc1cc(OC(=O)c2ccc(Cl)cc2)c2c(C)cc(=O)oc2c1. The van der Waals surface area contributed by atoms with Crippen LogP contribution in [0.25, 0.3) is 11.0 Å². The zero-order valence-corrected chi connectivity index (χ0v) is 13.3. The van der Waals surface area contributed by atoms with E-state index in [0.29, 0.717) is 32.9 Å². The van der Waals surface area contributed by atoms with E-state index in [0.717, 1.165) is 5.56 Å². The van der Waals surface area contributed by atoms with Gasteiger partial charge in [0.2, 0.25) is 0 Å². The Labute approximate surface area is 137 Å². The number of fused-ring (bicyclic) bond motifs is 1. The minimum Gasteiger partial charge on any atom is -0.423 e. The molecule has 116 valence electrons. The monoisotopic (exact) mass is 328 g/mol. The van der Waals surface area contributed by atoms with Gasteiger partial charge < -0.3 is 9.15 Å². The van der Waals surface area contributed by atoms with E-state index in [1.54, 1.807) is 43.3 Å². The van der Waals surface area contributed by atoms with Gasteiger partial charge >= 0.3 is 11.6 Å². The molecule has 5 heteroatoms. The van der Waals surface area contributed by atoms with Crippen LogP contribution in [0.4, 0.5) is 0 Å². The highest BCUT2D eigenvalue weighted by molar-refractivity contribution is 6.30. The van der Waals surface area contributed by atoms with Gasteiger partial charge in [-0.2, -0.15) is 0 Å².